The van der Waals surface area contributed by atoms with Gasteiger partial charge in [0.05, 0.1) is 26.4 Å². The van der Waals surface area contributed by atoms with Gasteiger partial charge in [-0.2, -0.15) is 0 Å². The van der Waals surface area contributed by atoms with E-state index >= 15 is 0 Å². The Bertz CT molecular complexity index is 1160. The molecule has 236 valence electrons. The van der Waals surface area contributed by atoms with E-state index in [1.165, 1.54) is 13.8 Å². The van der Waals surface area contributed by atoms with Crippen LogP contribution in [0, 0.1) is 0 Å². The standard InChI is InChI=1S/C30H40N2O11/c1-17(34)31-23-26(37)25(36)21(13-33)42-30(23)43-27-22(16-39-14-19-9-5-3-6-10-19)41-29(38)24(32-18(2)35)28(27)40-15-20-11-7-4-8-12-20/h3-12,21-30,33,36-38H,13-16H2,1-2H3,(H,31,34)(H,32,35)/t21-,22-,23-,24-,25-,26-,27-,28-,29+,30?/m1/s1. The third-order valence-electron chi connectivity index (χ3n) is 7.26. The third kappa shape index (κ3) is 8.79. The molecule has 2 amide bonds. The molecule has 0 aliphatic carbocycles. The maximum atomic E-state index is 12.2. The minimum atomic E-state index is -1.56. The van der Waals surface area contributed by atoms with Crippen LogP contribution in [0.4, 0.5) is 0 Å². The van der Waals surface area contributed by atoms with Crippen molar-refractivity contribution < 1.29 is 53.7 Å². The molecular weight excluding hydrogens is 564 g/mol. The zero-order chi connectivity index (χ0) is 30.9. The predicted molar refractivity (Wildman–Crippen MR) is 150 cm³/mol. The Kier molecular flexibility index (Phi) is 12.0. The first kappa shape index (κ1) is 32.9. The summed E-state index contributed by atoms with van der Waals surface area (Å²) in [5, 5.41) is 47.3. The van der Waals surface area contributed by atoms with E-state index in [4.69, 9.17) is 23.7 Å². The van der Waals surface area contributed by atoms with Crippen LogP contribution in [0.1, 0.15) is 25.0 Å². The van der Waals surface area contributed by atoms with Crippen molar-refractivity contribution in [2.45, 2.75) is 88.3 Å². The summed E-state index contributed by atoms with van der Waals surface area (Å²) in [5.74, 6) is -0.982. The summed E-state index contributed by atoms with van der Waals surface area (Å²) in [6.07, 6.45) is -10.4. The molecule has 0 radical (unpaired) electrons. The van der Waals surface area contributed by atoms with E-state index in [1.807, 2.05) is 60.7 Å². The Morgan fingerprint density at radius 1 is 0.767 bits per heavy atom. The number of amides is 2. The van der Waals surface area contributed by atoms with Crippen LogP contribution in [0.25, 0.3) is 0 Å². The molecule has 13 nitrogen and oxygen atoms in total. The largest absolute Gasteiger partial charge is 0.394 e. The molecule has 0 bridgehead atoms. The lowest BCUT2D eigenvalue weighted by molar-refractivity contribution is -0.333. The van der Waals surface area contributed by atoms with Gasteiger partial charge in [-0.05, 0) is 11.1 Å². The van der Waals surface area contributed by atoms with Gasteiger partial charge in [0.15, 0.2) is 12.6 Å². The van der Waals surface area contributed by atoms with Crippen LogP contribution in [0.5, 0.6) is 0 Å². The number of rotatable bonds is 12. The van der Waals surface area contributed by atoms with Crippen molar-refractivity contribution in [1.82, 2.24) is 10.6 Å². The fraction of sp³-hybridized carbons (Fsp3) is 0.533. The molecule has 4 rings (SSSR count). The lowest BCUT2D eigenvalue weighted by Gasteiger charge is -2.48. The predicted octanol–water partition coefficient (Wildman–Crippen LogP) is -0.661. The number of benzene rings is 2. The van der Waals surface area contributed by atoms with Crippen LogP contribution in [0.15, 0.2) is 60.7 Å². The Labute approximate surface area is 249 Å². The second-order valence-corrected chi connectivity index (χ2v) is 10.6. The molecule has 6 N–H and O–H groups in total. The first-order valence-electron chi connectivity index (χ1n) is 14.1. The van der Waals surface area contributed by atoms with Gasteiger partial charge >= 0.3 is 0 Å². The summed E-state index contributed by atoms with van der Waals surface area (Å²) in [6, 6.07) is 16.3. The van der Waals surface area contributed by atoms with E-state index in [9.17, 15) is 30.0 Å². The van der Waals surface area contributed by atoms with Gasteiger partial charge < -0.3 is 54.7 Å². The van der Waals surface area contributed by atoms with Crippen LogP contribution in [-0.2, 0) is 46.5 Å². The second-order valence-electron chi connectivity index (χ2n) is 10.6. The van der Waals surface area contributed by atoms with Gasteiger partial charge in [-0.3, -0.25) is 9.59 Å². The smallest absolute Gasteiger partial charge is 0.217 e. The van der Waals surface area contributed by atoms with Crippen LogP contribution in [0.3, 0.4) is 0 Å². The van der Waals surface area contributed by atoms with E-state index in [-0.39, 0.29) is 19.8 Å². The topological polar surface area (TPSA) is 185 Å². The highest BCUT2D eigenvalue weighted by Gasteiger charge is 2.52. The normalized spacial score (nSPS) is 32.6. The number of nitrogens with one attached hydrogen (secondary N) is 2. The molecule has 2 heterocycles. The van der Waals surface area contributed by atoms with Crippen LogP contribution in [0.2, 0.25) is 0 Å². The number of ether oxygens (including phenoxy) is 5. The Morgan fingerprint density at radius 3 is 1.93 bits per heavy atom. The zero-order valence-electron chi connectivity index (χ0n) is 24.0. The molecule has 2 aliphatic heterocycles. The van der Waals surface area contributed by atoms with Crippen molar-refractivity contribution >= 4 is 11.8 Å². The molecule has 13 heteroatoms. The van der Waals surface area contributed by atoms with Crippen LogP contribution < -0.4 is 10.6 Å². The molecule has 43 heavy (non-hydrogen) atoms. The molecule has 0 spiro atoms. The van der Waals surface area contributed by atoms with E-state index in [2.05, 4.69) is 10.6 Å². The molecule has 2 aromatic carbocycles. The number of aliphatic hydroxyl groups is 4. The zero-order valence-corrected chi connectivity index (χ0v) is 24.0. The highest BCUT2D eigenvalue weighted by molar-refractivity contribution is 5.73. The van der Waals surface area contributed by atoms with E-state index in [0.29, 0.717) is 0 Å². The highest BCUT2D eigenvalue weighted by atomic mass is 16.7. The quantitative estimate of drug-likeness (QED) is 0.181. The monoisotopic (exact) mass is 604 g/mol. The second kappa shape index (κ2) is 15.7. The fourth-order valence-electron chi connectivity index (χ4n) is 5.18. The molecule has 0 saturated carbocycles. The first-order chi connectivity index (χ1) is 20.7. The maximum Gasteiger partial charge on any atom is 0.217 e. The Balaban J connectivity index is 1.65. The van der Waals surface area contributed by atoms with Gasteiger partial charge in [0.1, 0.15) is 48.7 Å². The van der Waals surface area contributed by atoms with E-state index < -0.39 is 79.7 Å². The van der Waals surface area contributed by atoms with Crippen molar-refractivity contribution in [2.75, 3.05) is 13.2 Å². The molecular formula is C30H40N2O11. The van der Waals surface area contributed by atoms with Crippen molar-refractivity contribution in [3.05, 3.63) is 71.8 Å². The minimum absolute atomic E-state index is 0.0764. The lowest BCUT2D eigenvalue weighted by Crippen LogP contribution is -2.69. The number of hydrogen-bond acceptors (Lipinski definition) is 11. The number of hydrogen-bond donors (Lipinski definition) is 6. The SMILES string of the molecule is CC(=O)N[C@@H]1[C@@H](OCc2ccccc2)[C@H](OC2O[C@H](CO)[C@@H](O)[C@H](O)[C@H]2NC(C)=O)[C@@H](COCc2ccccc2)O[C@@H]1O. The first-order valence-corrected chi connectivity index (χ1v) is 14.1. The third-order valence-corrected chi connectivity index (χ3v) is 7.26. The molecule has 0 aromatic heterocycles. The Morgan fingerprint density at radius 2 is 1.35 bits per heavy atom. The molecule has 10 atom stereocenters. The summed E-state index contributed by atoms with van der Waals surface area (Å²) in [7, 11) is 0. The lowest BCUT2D eigenvalue weighted by atomic mass is 9.94. The van der Waals surface area contributed by atoms with Crippen molar-refractivity contribution in [3.63, 3.8) is 0 Å². The number of carbonyl (C=O) groups excluding carboxylic acids is 2. The average Bonchev–Trinajstić information content (AvgIpc) is 2.99. The van der Waals surface area contributed by atoms with Crippen molar-refractivity contribution in [3.8, 4) is 0 Å². The minimum Gasteiger partial charge on any atom is -0.394 e. The molecule has 1 unspecified atom stereocenters. The summed E-state index contributed by atoms with van der Waals surface area (Å²) in [6.45, 7) is 2.09. The average molecular weight is 605 g/mol. The van der Waals surface area contributed by atoms with Gasteiger partial charge in [0.25, 0.3) is 0 Å². The van der Waals surface area contributed by atoms with Crippen molar-refractivity contribution in [2.24, 2.45) is 0 Å². The Hall–Kier alpha value is -2.98. The van der Waals surface area contributed by atoms with Gasteiger partial charge in [0, 0.05) is 13.8 Å². The summed E-state index contributed by atoms with van der Waals surface area (Å²) < 4.78 is 30.3. The van der Waals surface area contributed by atoms with Gasteiger partial charge in [-0.15, -0.1) is 0 Å². The van der Waals surface area contributed by atoms with Gasteiger partial charge in [-0.25, -0.2) is 0 Å². The maximum absolute atomic E-state index is 12.2. The molecule has 2 aromatic rings. The summed E-state index contributed by atoms with van der Waals surface area (Å²) in [5.41, 5.74) is 1.71. The van der Waals surface area contributed by atoms with Crippen LogP contribution >= 0.6 is 0 Å². The summed E-state index contributed by atoms with van der Waals surface area (Å²) >= 11 is 0. The van der Waals surface area contributed by atoms with E-state index in [0.717, 1.165) is 11.1 Å². The van der Waals surface area contributed by atoms with Crippen molar-refractivity contribution in [1.29, 1.82) is 0 Å². The van der Waals surface area contributed by atoms with Crippen LogP contribution in [-0.4, -0.2) is 107 Å². The number of carbonyl (C=O) groups is 2. The highest BCUT2D eigenvalue weighted by Crippen LogP contribution is 2.31. The molecule has 2 saturated heterocycles. The van der Waals surface area contributed by atoms with Gasteiger partial charge in [-0.1, -0.05) is 60.7 Å². The molecule has 2 fully saturated rings. The molecule has 2 aliphatic rings. The fourth-order valence-corrected chi connectivity index (χ4v) is 5.18. The van der Waals surface area contributed by atoms with E-state index in [1.54, 1.807) is 0 Å². The van der Waals surface area contributed by atoms with Gasteiger partial charge in [0.2, 0.25) is 11.8 Å². The summed E-state index contributed by atoms with van der Waals surface area (Å²) in [4.78, 5) is 24.2. The number of aliphatic hydroxyl groups excluding tert-OH is 4.